The van der Waals surface area contributed by atoms with Crippen molar-refractivity contribution in [1.82, 2.24) is 5.32 Å². The zero-order valence-corrected chi connectivity index (χ0v) is 9.64. The molecule has 0 spiro atoms. The maximum Gasteiger partial charge on any atom is 0.181 e. The second kappa shape index (κ2) is 4.82. The van der Waals surface area contributed by atoms with Gasteiger partial charge in [0.2, 0.25) is 0 Å². The van der Waals surface area contributed by atoms with Crippen LogP contribution in [0, 0.1) is 5.92 Å². The number of hydrogen-bond donors (Lipinski definition) is 1. The number of likely N-dealkylation sites (N-methyl/N-ethyl adjacent to an activating group) is 1. The molecule has 2 saturated carbocycles. The lowest BCUT2D eigenvalue weighted by Gasteiger charge is -2.19. The molecule has 84 valence electrons. The highest BCUT2D eigenvalue weighted by Crippen LogP contribution is 2.34. The van der Waals surface area contributed by atoms with Crippen LogP contribution in [0.25, 0.3) is 0 Å². The first-order valence-corrected chi connectivity index (χ1v) is 6.33. The van der Waals surface area contributed by atoms with Gasteiger partial charge in [-0.15, -0.1) is 0 Å². The molecule has 0 bridgehead atoms. The van der Waals surface area contributed by atoms with Crippen LogP contribution in [0.5, 0.6) is 0 Å². The Bertz CT molecular complexity index is 268. The Kier molecular flexibility index (Phi) is 3.45. The van der Waals surface area contributed by atoms with E-state index in [9.17, 15) is 4.79 Å². The van der Waals surface area contributed by atoms with Crippen LogP contribution >= 0.6 is 0 Å². The van der Waals surface area contributed by atoms with E-state index in [1.54, 1.807) is 0 Å². The molecular weight excluding hydrogens is 186 g/mol. The third kappa shape index (κ3) is 2.61. The van der Waals surface area contributed by atoms with Crippen molar-refractivity contribution in [2.75, 3.05) is 6.54 Å². The summed E-state index contributed by atoms with van der Waals surface area (Å²) < 4.78 is 0. The number of Topliss-reactive ketones (excluding diaryl/α,β-unsaturated/α-hetero) is 1. The van der Waals surface area contributed by atoms with Crippen molar-refractivity contribution in [2.45, 2.75) is 51.9 Å². The van der Waals surface area contributed by atoms with E-state index in [-0.39, 0.29) is 0 Å². The summed E-state index contributed by atoms with van der Waals surface area (Å²) in [5.74, 6) is 0.752. The molecule has 2 rings (SSSR count). The summed E-state index contributed by atoms with van der Waals surface area (Å²) in [6.07, 6.45) is 8.37. The normalized spacial score (nSPS) is 21.3. The van der Waals surface area contributed by atoms with Crippen molar-refractivity contribution in [3.63, 3.8) is 0 Å². The summed E-state index contributed by atoms with van der Waals surface area (Å²) in [5, 5.41) is 3.30. The van der Waals surface area contributed by atoms with Crippen LogP contribution in [-0.4, -0.2) is 12.3 Å². The van der Waals surface area contributed by atoms with E-state index in [0.717, 1.165) is 37.9 Å². The van der Waals surface area contributed by atoms with Gasteiger partial charge in [0.05, 0.1) is 5.70 Å². The van der Waals surface area contributed by atoms with Gasteiger partial charge in [-0.25, -0.2) is 0 Å². The Balaban J connectivity index is 2.11. The first kappa shape index (κ1) is 10.7. The Morgan fingerprint density at radius 2 is 1.93 bits per heavy atom. The lowest BCUT2D eigenvalue weighted by Crippen LogP contribution is -2.24. The molecule has 0 aromatic rings. The number of nitrogens with one attached hydrogen (secondary N) is 1. The molecule has 2 nitrogen and oxygen atoms in total. The smallest absolute Gasteiger partial charge is 0.181 e. The average Bonchev–Trinajstić information content (AvgIpc) is 3.10. The average molecular weight is 207 g/mol. The topological polar surface area (TPSA) is 29.1 Å². The molecule has 2 fully saturated rings. The number of carbonyl (C=O) groups excluding carboxylic acids is 1. The van der Waals surface area contributed by atoms with Crippen LogP contribution in [-0.2, 0) is 4.79 Å². The second-order valence-corrected chi connectivity index (χ2v) is 4.71. The maximum absolute atomic E-state index is 12.1. The molecule has 2 aliphatic carbocycles. The fourth-order valence-corrected chi connectivity index (χ4v) is 2.34. The molecule has 0 saturated heterocycles. The van der Waals surface area contributed by atoms with Gasteiger partial charge >= 0.3 is 0 Å². The Labute approximate surface area is 92.1 Å². The number of ketones is 1. The minimum atomic E-state index is 0.355. The van der Waals surface area contributed by atoms with E-state index in [1.165, 1.54) is 24.8 Å². The lowest BCUT2D eigenvalue weighted by molar-refractivity contribution is -0.117. The van der Waals surface area contributed by atoms with Gasteiger partial charge in [0.1, 0.15) is 0 Å². The van der Waals surface area contributed by atoms with Crippen LogP contribution in [0.1, 0.15) is 51.9 Å². The van der Waals surface area contributed by atoms with Crippen molar-refractivity contribution in [3.05, 3.63) is 11.3 Å². The highest BCUT2D eigenvalue weighted by molar-refractivity contribution is 5.98. The van der Waals surface area contributed by atoms with Crippen molar-refractivity contribution in [3.8, 4) is 0 Å². The molecule has 0 heterocycles. The van der Waals surface area contributed by atoms with Gasteiger partial charge in [0.25, 0.3) is 0 Å². The van der Waals surface area contributed by atoms with Crippen LogP contribution < -0.4 is 5.32 Å². The third-order valence-electron chi connectivity index (χ3n) is 3.36. The van der Waals surface area contributed by atoms with Crippen LogP contribution in [0.3, 0.4) is 0 Å². The molecule has 0 amide bonds. The maximum atomic E-state index is 12.1. The monoisotopic (exact) mass is 207 g/mol. The first-order chi connectivity index (χ1) is 7.33. The Morgan fingerprint density at radius 1 is 1.27 bits per heavy atom. The summed E-state index contributed by atoms with van der Waals surface area (Å²) in [4.78, 5) is 12.1. The Morgan fingerprint density at radius 3 is 2.47 bits per heavy atom. The Hall–Kier alpha value is -0.790. The van der Waals surface area contributed by atoms with Gasteiger partial charge in [0.15, 0.2) is 5.78 Å². The van der Waals surface area contributed by atoms with Gasteiger partial charge in [-0.05, 0) is 51.0 Å². The fraction of sp³-hybridized carbons (Fsp3) is 0.769. The summed E-state index contributed by atoms with van der Waals surface area (Å²) in [6.45, 7) is 2.95. The van der Waals surface area contributed by atoms with E-state index < -0.39 is 0 Å². The molecule has 2 heteroatoms. The van der Waals surface area contributed by atoms with Crippen LogP contribution in [0.2, 0.25) is 0 Å². The molecule has 0 aromatic heterocycles. The van der Waals surface area contributed by atoms with Gasteiger partial charge in [-0.2, -0.15) is 0 Å². The molecule has 0 aromatic carbocycles. The molecular formula is C13H21NO. The van der Waals surface area contributed by atoms with Crippen LogP contribution in [0.4, 0.5) is 0 Å². The predicted octanol–water partition coefficient (Wildman–Crippen LogP) is 2.79. The van der Waals surface area contributed by atoms with E-state index in [2.05, 4.69) is 12.2 Å². The number of hydrogen-bond acceptors (Lipinski definition) is 2. The lowest BCUT2D eigenvalue weighted by atomic mass is 9.91. The summed E-state index contributed by atoms with van der Waals surface area (Å²) in [7, 11) is 0. The molecule has 0 unspecified atom stereocenters. The minimum absolute atomic E-state index is 0.355. The van der Waals surface area contributed by atoms with Gasteiger partial charge in [-0.1, -0.05) is 6.42 Å². The van der Waals surface area contributed by atoms with Crippen molar-refractivity contribution >= 4 is 5.78 Å². The van der Waals surface area contributed by atoms with Gasteiger partial charge in [0, 0.05) is 12.5 Å². The molecule has 2 aliphatic rings. The zero-order chi connectivity index (χ0) is 10.7. The highest BCUT2D eigenvalue weighted by Gasteiger charge is 2.33. The minimum Gasteiger partial charge on any atom is -0.382 e. The summed E-state index contributed by atoms with van der Waals surface area (Å²) >= 11 is 0. The molecule has 1 N–H and O–H groups in total. The van der Waals surface area contributed by atoms with Gasteiger partial charge in [-0.3, -0.25) is 4.79 Å². The highest BCUT2D eigenvalue weighted by atomic mass is 16.1. The van der Waals surface area contributed by atoms with Crippen LogP contribution in [0.15, 0.2) is 11.3 Å². The number of carbonyl (C=O) groups is 1. The quantitative estimate of drug-likeness (QED) is 0.718. The van der Waals surface area contributed by atoms with Crippen molar-refractivity contribution < 1.29 is 4.79 Å². The van der Waals surface area contributed by atoms with E-state index in [1.807, 2.05) is 0 Å². The SMILES string of the molecule is CCNC(C(=O)C1CC1)=C1CCCCC1. The molecule has 0 aliphatic heterocycles. The molecule has 0 radical (unpaired) electrons. The predicted molar refractivity (Wildman–Crippen MR) is 61.5 cm³/mol. The first-order valence-electron chi connectivity index (χ1n) is 6.33. The zero-order valence-electron chi connectivity index (χ0n) is 9.64. The number of allylic oxidation sites excluding steroid dienone is 2. The number of rotatable bonds is 4. The summed E-state index contributed by atoms with van der Waals surface area (Å²) in [6, 6.07) is 0. The van der Waals surface area contributed by atoms with E-state index in [4.69, 9.17) is 0 Å². The van der Waals surface area contributed by atoms with Crippen molar-refractivity contribution in [2.24, 2.45) is 5.92 Å². The van der Waals surface area contributed by atoms with E-state index >= 15 is 0 Å². The standard InChI is InChI=1S/C13H21NO/c1-2-14-12(13(15)11-8-9-11)10-6-4-3-5-7-10/h11,14H,2-9H2,1H3. The second-order valence-electron chi connectivity index (χ2n) is 4.71. The molecule has 15 heavy (non-hydrogen) atoms. The largest absolute Gasteiger partial charge is 0.382 e. The third-order valence-corrected chi connectivity index (χ3v) is 3.36. The van der Waals surface area contributed by atoms with E-state index in [0.29, 0.717) is 11.7 Å². The van der Waals surface area contributed by atoms with Gasteiger partial charge < -0.3 is 5.32 Å². The summed E-state index contributed by atoms with van der Waals surface area (Å²) in [5.41, 5.74) is 2.39. The van der Waals surface area contributed by atoms with Crippen molar-refractivity contribution in [1.29, 1.82) is 0 Å². The molecule has 0 atom stereocenters. The fourth-order valence-electron chi connectivity index (χ4n) is 2.34.